The highest BCUT2D eigenvalue weighted by atomic mass is 79.9. The van der Waals surface area contributed by atoms with Crippen LogP contribution >= 0.6 is 15.9 Å². The van der Waals surface area contributed by atoms with Crippen molar-refractivity contribution in [1.29, 1.82) is 0 Å². The van der Waals surface area contributed by atoms with E-state index in [-0.39, 0.29) is 10.7 Å². The van der Waals surface area contributed by atoms with E-state index in [0.717, 1.165) is 18.9 Å². The fraction of sp³-hybridized carbons (Fsp3) is 0.900. The molecule has 2 nitrogen and oxygen atoms in total. The van der Waals surface area contributed by atoms with Gasteiger partial charge < -0.3 is 5.32 Å². The molecule has 0 aliphatic heterocycles. The first kappa shape index (κ1) is 12.9. The Morgan fingerprint density at radius 1 is 1.31 bits per heavy atom. The standard InChI is InChI=1S/C10H20BrNO/c1-8(2)6-4-5-7-12-10(13)9(3)11/h8-9H,4-7H2,1-3H3,(H,12,13)/t9-/m0/s1. The summed E-state index contributed by atoms with van der Waals surface area (Å²) in [5, 5.41) is 2.87. The molecule has 0 rings (SSSR count). The molecule has 0 aromatic carbocycles. The van der Waals surface area contributed by atoms with Gasteiger partial charge in [-0.1, -0.05) is 42.6 Å². The highest BCUT2D eigenvalue weighted by Gasteiger charge is 2.06. The molecule has 3 heteroatoms. The number of nitrogens with one attached hydrogen (secondary N) is 1. The lowest BCUT2D eigenvalue weighted by Gasteiger charge is -2.07. The zero-order valence-corrected chi connectivity index (χ0v) is 10.4. The summed E-state index contributed by atoms with van der Waals surface area (Å²) in [5.41, 5.74) is 0. The molecule has 0 saturated carbocycles. The van der Waals surface area contributed by atoms with E-state index < -0.39 is 0 Å². The highest BCUT2D eigenvalue weighted by molar-refractivity contribution is 9.10. The van der Waals surface area contributed by atoms with Crippen molar-refractivity contribution in [2.75, 3.05) is 6.54 Å². The summed E-state index contributed by atoms with van der Waals surface area (Å²) in [6.45, 7) is 7.09. The number of unbranched alkanes of at least 4 members (excludes halogenated alkanes) is 1. The summed E-state index contributed by atoms with van der Waals surface area (Å²) in [7, 11) is 0. The zero-order chi connectivity index (χ0) is 10.3. The van der Waals surface area contributed by atoms with Gasteiger partial charge in [-0.15, -0.1) is 0 Å². The number of carbonyl (C=O) groups excluding carboxylic acids is 1. The second kappa shape index (κ2) is 7.36. The minimum atomic E-state index is -0.0717. The lowest BCUT2D eigenvalue weighted by molar-refractivity contribution is -0.120. The predicted molar refractivity (Wildman–Crippen MR) is 60.1 cm³/mol. The van der Waals surface area contributed by atoms with Crippen molar-refractivity contribution in [1.82, 2.24) is 5.32 Å². The predicted octanol–water partition coefficient (Wildman–Crippen LogP) is 2.71. The Labute approximate surface area is 89.6 Å². The van der Waals surface area contributed by atoms with E-state index in [4.69, 9.17) is 0 Å². The van der Waals surface area contributed by atoms with Gasteiger partial charge in [0.15, 0.2) is 0 Å². The van der Waals surface area contributed by atoms with Crippen LogP contribution in [-0.2, 0) is 4.79 Å². The van der Waals surface area contributed by atoms with Crippen molar-refractivity contribution in [3.05, 3.63) is 0 Å². The van der Waals surface area contributed by atoms with Crippen molar-refractivity contribution in [3.8, 4) is 0 Å². The van der Waals surface area contributed by atoms with Gasteiger partial charge in [0.2, 0.25) is 5.91 Å². The van der Waals surface area contributed by atoms with Crippen molar-refractivity contribution >= 4 is 21.8 Å². The van der Waals surface area contributed by atoms with Gasteiger partial charge in [-0.2, -0.15) is 0 Å². The maximum atomic E-state index is 11.1. The van der Waals surface area contributed by atoms with Crippen molar-refractivity contribution in [2.45, 2.75) is 44.9 Å². The largest absolute Gasteiger partial charge is 0.355 e. The molecule has 13 heavy (non-hydrogen) atoms. The molecule has 0 radical (unpaired) electrons. The summed E-state index contributed by atoms with van der Waals surface area (Å²) in [4.78, 5) is 11.0. The molecular formula is C10H20BrNO. The third-order valence-electron chi connectivity index (χ3n) is 1.87. The molecule has 0 unspecified atom stereocenters. The minimum absolute atomic E-state index is 0.0717. The van der Waals surface area contributed by atoms with Crippen LogP contribution in [0.2, 0.25) is 0 Å². The number of rotatable bonds is 6. The van der Waals surface area contributed by atoms with Gasteiger partial charge >= 0.3 is 0 Å². The molecule has 0 aromatic rings. The van der Waals surface area contributed by atoms with Crippen molar-refractivity contribution in [2.24, 2.45) is 5.92 Å². The molecule has 0 saturated heterocycles. The molecular weight excluding hydrogens is 230 g/mol. The van der Waals surface area contributed by atoms with Crippen LogP contribution < -0.4 is 5.32 Å². The first-order chi connectivity index (χ1) is 6.04. The van der Waals surface area contributed by atoms with E-state index in [2.05, 4.69) is 35.1 Å². The highest BCUT2D eigenvalue weighted by Crippen LogP contribution is 2.05. The summed E-state index contributed by atoms with van der Waals surface area (Å²) in [5.74, 6) is 0.857. The summed E-state index contributed by atoms with van der Waals surface area (Å²) >= 11 is 3.22. The van der Waals surface area contributed by atoms with E-state index in [1.807, 2.05) is 6.92 Å². The lowest BCUT2D eigenvalue weighted by Crippen LogP contribution is -2.30. The second-order valence-corrected chi connectivity index (χ2v) is 5.17. The Morgan fingerprint density at radius 3 is 2.38 bits per heavy atom. The van der Waals surface area contributed by atoms with Crippen LogP contribution in [0.1, 0.15) is 40.0 Å². The topological polar surface area (TPSA) is 29.1 Å². The summed E-state index contributed by atoms with van der Waals surface area (Å²) < 4.78 is 0. The van der Waals surface area contributed by atoms with Gasteiger partial charge in [0, 0.05) is 6.54 Å². The third kappa shape index (κ3) is 8.28. The molecule has 1 N–H and O–H groups in total. The Balaban J connectivity index is 3.21. The van der Waals surface area contributed by atoms with E-state index in [1.54, 1.807) is 0 Å². The van der Waals surface area contributed by atoms with Crippen molar-refractivity contribution in [3.63, 3.8) is 0 Å². The average molecular weight is 250 g/mol. The lowest BCUT2D eigenvalue weighted by atomic mass is 10.1. The summed E-state index contributed by atoms with van der Waals surface area (Å²) in [6, 6.07) is 0. The van der Waals surface area contributed by atoms with Crippen LogP contribution in [0.4, 0.5) is 0 Å². The van der Waals surface area contributed by atoms with E-state index >= 15 is 0 Å². The molecule has 1 atom stereocenters. The summed E-state index contributed by atoms with van der Waals surface area (Å²) in [6.07, 6.45) is 3.54. The number of alkyl halides is 1. The van der Waals surface area contributed by atoms with Crippen LogP contribution in [0, 0.1) is 5.92 Å². The van der Waals surface area contributed by atoms with Crippen molar-refractivity contribution < 1.29 is 4.79 Å². The molecule has 0 aliphatic carbocycles. The number of hydrogen-bond acceptors (Lipinski definition) is 1. The number of amides is 1. The first-order valence-corrected chi connectivity index (χ1v) is 5.87. The molecule has 78 valence electrons. The number of halogens is 1. The SMILES string of the molecule is CC(C)CCCCNC(=O)[C@H](C)Br. The molecule has 0 spiro atoms. The van der Waals surface area contributed by atoms with Crippen LogP contribution in [0.15, 0.2) is 0 Å². The van der Waals surface area contributed by atoms with E-state index in [9.17, 15) is 4.79 Å². The molecule has 0 aliphatic rings. The monoisotopic (exact) mass is 249 g/mol. The van der Waals surface area contributed by atoms with Gasteiger partial charge in [0.1, 0.15) is 0 Å². The smallest absolute Gasteiger partial charge is 0.233 e. The fourth-order valence-corrected chi connectivity index (χ4v) is 1.19. The third-order valence-corrected chi connectivity index (χ3v) is 2.28. The van der Waals surface area contributed by atoms with Gasteiger partial charge in [0.05, 0.1) is 4.83 Å². The fourth-order valence-electron chi connectivity index (χ4n) is 1.03. The quantitative estimate of drug-likeness (QED) is 0.570. The van der Waals surface area contributed by atoms with Crippen LogP contribution in [-0.4, -0.2) is 17.3 Å². The number of carbonyl (C=O) groups is 1. The Hall–Kier alpha value is -0.0500. The molecule has 0 aromatic heterocycles. The normalized spacial score (nSPS) is 13.0. The molecule has 1 amide bonds. The van der Waals surface area contributed by atoms with Crippen LogP contribution in [0.25, 0.3) is 0 Å². The molecule has 0 fully saturated rings. The maximum Gasteiger partial charge on any atom is 0.233 e. The minimum Gasteiger partial charge on any atom is -0.355 e. The van der Waals surface area contributed by atoms with E-state index in [1.165, 1.54) is 12.8 Å². The van der Waals surface area contributed by atoms with E-state index in [0.29, 0.717) is 0 Å². The Kier molecular flexibility index (Phi) is 7.33. The van der Waals surface area contributed by atoms with Gasteiger partial charge in [-0.05, 0) is 19.3 Å². The van der Waals surface area contributed by atoms with Crippen LogP contribution in [0.5, 0.6) is 0 Å². The van der Waals surface area contributed by atoms with Gasteiger partial charge in [0.25, 0.3) is 0 Å². The average Bonchev–Trinajstić information content (AvgIpc) is 2.02. The Bertz CT molecular complexity index is 146. The second-order valence-electron chi connectivity index (χ2n) is 3.80. The molecule has 0 bridgehead atoms. The number of hydrogen-bond donors (Lipinski definition) is 1. The first-order valence-electron chi connectivity index (χ1n) is 4.95. The Morgan fingerprint density at radius 2 is 1.92 bits per heavy atom. The van der Waals surface area contributed by atoms with Gasteiger partial charge in [-0.3, -0.25) is 4.79 Å². The molecule has 0 heterocycles. The van der Waals surface area contributed by atoms with Gasteiger partial charge in [-0.25, -0.2) is 0 Å². The van der Waals surface area contributed by atoms with Crippen LogP contribution in [0.3, 0.4) is 0 Å². The zero-order valence-electron chi connectivity index (χ0n) is 8.77. The maximum absolute atomic E-state index is 11.1.